The third-order valence-corrected chi connectivity index (χ3v) is 4.23. The van der Waals surface area contributed by atoms with Gasteiger partial charge in [-0.2, -0.15) is 0 Å². The van der Waals surface area contributed by atoms with Gasteiger partial charge in [0.25, 0.3) is 11.8 Å². The maximum absolute atomic E-state index is 12.9. The highest BCUT2D eigenvalue weighted by molar-refractivity contribution is 7.80. The van der Waals surface area contributed by atoms with Crippen LogP contribution in [0.25, 0.3) is 6.08 Å². The predicted molar refractivity (Wildman–Crippen MR) is 104 cm³/mol. The Hall–Kier alpha value is -3.39. The quantitative estimate of drug-likeness (QED) is 0.478. The van der Waals surface area contributed by atoms with E-state index in [1.807, 2.05) is 0 Å². The van der Waals surface area contributed by atoms with Crippen molar-refractivity contribution in [2.75, 3.05) is 19.1 Å². The first-order chi connectivity index (χ1) is 12.9. The largest absolute Gasteiger partial charge is 0.504 e. The van der Waals surface area contributed by atoms with Crippen molar-refractivity contribution < 1.29 is 24.2 Å². The number of carbonyl (C=O) groups excluding carboxylic acids is 2. The van der Waals surface area contributed by atoms with Crippen molar-refractivity contribution in [2.24, 2.45) is 0 Å². The van der Waals surface area contributed by atoms with Gasteiger partial charge in [0, 0.05) is 0 Å². The molecule has 27 heavy (non-hydrogen) atoms. The molecule has 0 saturated carbocycles. The summed E-state index contributed by atoms with van der Waals surface area (Å²) in [5.74, 6) is -0.330. The number of phenolic OH excluding ortho intramolecular Hbond substituents is 1. The summed E-state index contributed by atoms with van der Waals surface area (Å²) in [5, 5.41) is 12.2. The molecule has 138 valence electrons. The van der Waals surface area contributed by atoms with Crippen molar-refractivity contribution >= 4 is 40.9 Å². The summed E-state index contributed by atoms with van der Waals surface area (Å²) in [6, 6.07) is 11.2. The fraction of sp³-hybridized carbons (Fsp3) is 0.105. The highest BCUT2D eigenvalue weighted by atomic mass is 32.1. The number of anilines is 1. The molecular weight excluding hydrogens is 368 g/mol. The van der Waals surface area contributed by atoms with E-state index in [9.17, 15) is 14.7 Å². The number of rotatable bonds is 4. The van der Waals surface area contributed by atoms with Gasteiger partial charge in [0.2, 0.25) is 0 Å². The molecule has 1 heterocycles. The van der Waals surface area contributed by atoms with Gasteiger partial charge < -0.3 is 14.6 Å². The Bertz CT molecular complexity index is 953. The zero-order valence-corrected chi connectivity index (χ0v) is 15.4. The van der Waals surface area contributed by atoms with Gasteiger partial charge in [-0.1, -0.05) is 6.07 Å². The second-order valence-corrected chi connectivity index (χ2v) is 5.97. The van der Waals surface area contributed by atoms with Crippen LogP contribution in [0.15, 0.2) is 48.0 Å². The molecule has 2 aromatic rings. The molecule has 7 nitrogen and oxygen atoms in total. The lowest BCUT2D eigenvalue weighted by molar-refractivity contribution is -0.122. The summed E-state index contributed by atoms with van der Waals surface area (Å²) in [5.41, 5.74) is 0.929. The smallest absolute Gasteiger partial charge is 0.270 e. The molecule has 1 aliphatic heterocycles. The molecule has 8 heteroatoms. The van der Waals surface area contributed by atoms with Crippen molar-refractivity contribution in [1.82, 2.24) is 5.32 Å². The number of aromatic hydroxyl groups is 1. The molecule has 0 spiro atoms. The minimum Gasteiger partial charge on any atom is -0.504 e. The van der Waals surface area contributed by atoms with E-state index < -0.39 is 11.8 Å². The van der Waals surface area contributed by atoms with Crippen LogP contribution < -0.4 is 19.7 Å². The third kappa shape index (κ3) is 3.61. The van der Waals surface area contributed by atoms with Crippen LogP contribution in [0.2, 0.25) is 0 Å². The predicted octanol–water partition coefficient (Wildman–Crippen LogP) is 2.24. The first-order valence-electron chi connectivity index (χ1n) is 7.87. The highest BCUT2D eigenvalue weighted by Crippen LogP contribution is 2.28. The molecule has 2 amide bonds. The van der Waals surface area contributed by atoms with E-state index in [4.69, 9.17) is 21.7 Å². The molecule has 0 aliphatic carbocycles. The molecule has 0 aromatic heterocycles. The Kier molecular flexibility index (Phi) is 5.09. The molecule has 0 bridgehead atoms. The molecule has 0 radical (unpaired) electrons. The zero-order valence-electron chi connectivity index (χ0n) is 14.6. The van der Waals surface area contributed by atoms with Gasteiger partial charge in [0.1, 0.15) is 11.3 Å². The molecular formula is C19H16N2O5S. The molecule has 1 saturated heterocycles. The highest BCUT2D eigenvalue weighted by Gasteiger charge is 2.34. The Labute approximate surface area is 160 Å². The second-order valence-electron chi connectivity index (χ2n) is 5.59. The lowest BCUT2D eigenvalue weighted by atomic mass is 10.1. The van der Waals surface area contributed by atoms with Gasteiger partial charge in [0.05, 0.1) is 19.9 Å². The summed E-state index contributed by atoms with van der Waals surface area (Å²) >= 11 is 5.16. The average molecular weight is 384 g/mol. The van der Waals surface area contributed by atoms with Crippen LogP contribution in [0, 0.1) is 0 Å². The van der Waals surface area contributed by atoms with Gasteiger partial charge in [-0.05, 0) is 60.3 Å². The van der Waals surface area contributed by atoms with Gasteiger partial charge >= 0.3 is 0 Å². The topological polar surface area (TPSA) is 88.1 Å². The number of carbonyl (C=O) groups is 2. The molecule has 2 N–H and O–H groups in total. The second kappa shape index (κ2) is 7.46. The number of phenols is 1. The average Bonchev–Trinajstić information content (AvgIpc) is 2.66. The molecule has 0 unspecified atom stereocenters. The van der Waals surface area contributed by atoms with Crippen LogP contribution >= 0.6 is 12.2 Å². The molecule has 1 aliphatic rings. The summed E-state index contributed by atoms with van der Waals surface area (Å²) in [7, 11) is 2.95. The van der Waals surface area contributed by atoms with E-state index in [-0.39, 0.29) is 22.2 Å². The third-order valence-electron chi connectivity index (χ3n) is 3.95. The zero-order chi connectivity index (χ0) is 19.6. The summed E-state index contributed by atoms with van der Waals surface area (Å²) in [6.45, 7) is 0. The summed E-state index contributed by atoms with van der Waals surface area (Å²) in [4.78, 5) is 26.5. The maximum atomic E-state index is 12.9. The van der Waals surface area contributed by atoms with Crippen LogP contribution in [0.4, 0.5) is 5.69 Å². The number of nitrogens with one attached hydrogen (secondary N) is 1. The molecule has 1 fully saturated rings. The number of benzene rings is 2. The fourth-order valence-corrected chi connectivity index (χ4v) is 2.85. The van der Waals surface area contributed by atoms with E-state index in [0.717, 1.165) is 0 Å². The number of hydrogen-bond acceptors (Lipinski definition) is 6. The fourth-order valence-electron chi connectivity index (χ4n) is 2.57. The van der Waals surface area contributed by atoms with E-state index in [2.05, 4.69) is 5.32 Å². The van der Waals surface area contributed by atoms with Crippen LogP contribution in [0.1, 0.15) is 5.56 Å². The van der Waals surface area contributed by atoms with Crippen LogP contribution in [-0.4, -0.2) is 36.3 Å². The van der Waals surface area contributed by atoms with Crippen LogP contribution in [0.5, 0.6) is 17.2 Å². The van der Waals surface area contributed by atoms with Gasteiger partial charge in [-0.25, -0.2) is 0 Å². The van der Waals surface area contributed by atoms with Crippen molar-refractivity contribution in [2.45, 2.75) is 0 Å². The number of ether oxygens (including phenoxy) is 2. The van der Waals surface area contributed by atoms with Gasteiger partial charge in [-0.3, -0.25) is 19.8 Å². The SMILES string of the molecule is COc1ccc(N2C(=O)C(=Cc3ccc(O)c(OC)c3)C(=O)NC2=S)cc1. The van der Waals surface area contributed by atoms with Crippen LogP contribution in [-0.2, 0) is 9.59 Å². The van der Waals surface area contributed by atoms with Crippen molar-refractivity contribution in [3.63, 3.8) is 0 Å². The van der Waals surface area contributed by atoms with E-state index in [1.165, 1.54) is 30.2 Å². The van der Waals surface area contributed by atoms with E-state index in [0.29, 0.717) is 17.0 Å². The number of nitrogens with zero attached hydrogens (tertiary/aromatic N) is 1. The van der Waals surface area contributed by atoms with Crippen molar-refractivity contribution in [3.8, 4) is 17.2 Å². The Morgan fingerprint density at radius 3 is 2.41 bits per heavy atom. The molecule has 2 aromatic carbocycles. The minimum absolute atomic E-state index is 0.00407. The first kappa shape index (κ1) is 18.4. The number of hydrogen-bond donors (Lipinski definition) is 2. The van der Waals surface area contributed by atoms with Gasteiger partial charge in [-0.15, -0.1) is 0 Å². The van der Waals surface area contributed by atoms with Crippen LogP contribution in [0.3, 0.4) is 0 Å². The normalized spacial score (nSPS) is 15.7. The van der Waals surface area contributed by atoms with Crippen molar-refractivity contribution in [3.05, 3.63) is 53.6 Å². The minimum atomic E-state index is -0.596. The first-order valence-corrected chi connectivity index (χ1v) is 8.28. The lowest BCUT2D eigenvalue weighted by Gasteiger charge is -2.29. The maximum Gasteiger partial charge on any atom is 0.270 e. The number of amides is 2. The monoisotopic (exact) mass is 384 g/mol. The summed E-state index contributed by atoms with van der Waals surface area (Å²) in [6.07, 6.45) is 1.41. The molecule has 3 rings (SSSR count). The van der Waals surface area contributed by atoms with E-state index in [1.54, 1.807) is 37.4 Å². The standard InChI is InChI=1S/C19H16N2O5S/c1-25-13-6-4-12(5-7-13)21-18(24)14(17(23)20-19(21)27)9-11-3-8-15(22)16(10-11)26-2/h3-10,22H,1-2H3,(H,20,23,27). The van der Waals surface area contributed by atoms with E-state index >= 15 is 0 Å². The Morgan fingerprint density at radius 2 is 1.78 bits per heavy atom. The summed E-state index contributed by atoms with van der Waals surface area (Å²) < 4.78 is 10.2. The molecule has 0 atom stereocenters. The number of methoxy groups -OCH3 is 2. The van der Waals surface area contributed by atoms with Gasteiger partial charge in [0.15, 0.2) is 16.6 Å². The Balaban J connectivity index is 1.99. The van der Waals surface area contributed by atoms with Crippen molar-refractivity contribution in [1.29, 1.82) is 0 Å². The lowest BCUT2D eigenvalue weighted by Crippen LogP contribution is -2.54. The Morgan fingerprint density at radius 1 is 1.07 bits per heavy atom. The number of thiocarbonyl (C=S) groups is 1.